The van der Waals surface area contributed by atoms with Gasteiger partial charge in [-0.1, -0.05) is 11.6 Å². The molecule has 1 aromatic rings. The number of carbonyl (C=O) groups is 1. The van der Waals surface area contributed by atoms with Gasteiger partial charge in [-0.2, -0.15) is 0 Å². The Kier molecular flexibility index (Phi) is 3.46. The molecule has 5 heteroatoms. The van der Waals surface area contributed by atoms with Crippen molar-refractivity contribution < 1.29 is 9.18 Å². The molecule has 0 bridgehead atoms. The van der Waals surface area contributed by atoms with E-state index in [1.807, 2.05) is 4.90 Å². The summed E-state index contributed by atoms with van der Waals surface area (Å²) in [5.74, 6) is 0.722. The van der Waals surface area contributed by atoms with Gasteiger partial charge in [0.15, 0.2) is 0 Å². The van der Waals surface area contributed by atoms with Crippen LogP contribution in [0.3, 0.4) is 0 Å². The maximum atomic E-state index is 13.0. The highest BCUT2D eigenvalue weighted by atomic mass is 35.5. The number of nitrogens with zero attached hydrogens (tertiary/aromatic N) is 1. The van der Waals surface area contributed by atoms with Crippen molar-refractivity contribution in [3.05, 3.63) is 34.6 Å². The van der Waals surface area contributed by atoms with E-state index in [9.17, 15) is 9.18 Å². The van der Waals surface area contributed by atoms with Crippen LogP contribution in [-0.4, -0.2) is 37.0 Å². The molecule has 2 aliphatic rings. The SMILES string of the molecule is O=C(c1ccc(F)cc1Cl)N1CCC2CNCC2C1. The molecule has 3 rings (SSSR count). The number of hydrogen-bond donors (Lipinski definition) is 1. The minimum atomic E-state index is -0.416. The summed E-state index contributed by atoms with van der Waals surface area (Å²) in [4.78, 5) is 14.3. The van der Waals surface area contributed by atoms with Crippen molar-refractivity contribution in [1.82, 2.24) is 10.2 Å². The number of halogens is 2. The highest BCUT2D eigenvalue weighted by molar-refractivity contribution is 6.33. The van der Waals surface area contributed by atoms with Gasteiger partial charge in [-0.3, -0.25) is 4.79 Å². The molecule has 102 valence electrons. The molecular weight excluding hydrogens is 267 g/mol. The van der Waals surface area contributed by atoms with Crippen molar-refractivity contribution in [3.63, 3.8) is 0 Å². The molecule has 1 N–H and O–H groups in total. The molecule has 19 heavy (non-hydrogen) atoms. The van der Waals surface area contributed by atoms with Crippen LogP contribution in [0.25, 0.3) is 0 Å². The summed E-state index contributed by atoms with van der Waals surface area (Å²) < 4.78 is 13.0. The Balaban J connectivity index is 1.76. The van der Waals surface area contributed by atoms with E-state index in [1.54, 1.807) is 0 Å². The lowest BCUT2D eigenvalue weighted by Gasteiger charge is -2.34. The van der Waals surface area contributed by atoms with Crippen molar-refractivity contribution in [3.8, 4) is 0 Å². The van der Waals surface area contributed by atoms with Gasteiger partial charge >= 0.3 is 0 Å². The highest BCUT2D eigenvalue weighted by Crippen LogP contribution is 2.28. The summed E-state index contributed by atoms with van der Waals surface area (Å²) in [6, 6.07) is 3.95. The predicted octanol–water partition coefficient (Wildman–Crippen LogP) is 2.16. The van der Waals surface area contributed by atoms with Gasteiger partial charge in [0.05, 0.1) is 10.6 Å². The van der Waals surface area contributed by atoms with Crippen molar-refractivity contribution in [2.45, 2.75) is 6.42 Å². The molecule has 2 aliphatic heterocycles. The molecule has 1 aromatic carbocycles. The molecule has 2 unspecified atom stereocenters. The van der Waals surface area contributed by atoms with Crippen molar-refractivity contribution in [2.75, 3.05) is 26.2 Å². The largest absolute Gasteiger partial charge is 0.338 e. The first kappa shape index (κ1) is 12.9. The minimum absolute atomic E-state index is 0.0876. The Labute approximate surface area is 116 Å². The predicted molar refractivity (Wildman–Crippen MR) is 71.8 cm³/mol. The molecule has 0 radical (unpaired) electrons. The average Bonchev–Trinajstić information content (AvgIpc) is 2.85. The van der Waals surface area contributed by atoms with Gasteiger partial charge in [0.1, 0.15) is 5.82 Å². The zero-order valence-corrected chi connectivity index (χ0v) is 11.3. The normalized spacial score (nSPS) is 26.3. The second-order valence-corrected chi connectivity index (χ2v) is 5.75. The maximum absolute atomic E-state index is 13.0. The zero-order valence-electron chi connectivity index (χ0n) is 10.5. The van der Waals surface area contributed by atoms with Crippen molar-refractivity contribution >= 4 is 17.5 Å². The Morgan fingerprint density at radius 3 is 2.95 bits per heavy atom. The number of rotatable bonds is 1. The van der Waals surface area contributed by atoms with E-state index in [4.69, 9.17) is 11.6 Å². The number of nitrogens with one attached hydrogen (secondary N) is 1. The summed E-state index contributed by atoms with van der Waals surface area (Å²) >= 11 is 5.96. The molecule has 2 heterocycles. The van der Waals surface area contributed by atoms with E-state index >= 15 is 0 Å². The van der Waals surface area contributed by atoms with Crippen LogP contribution in [0.2, 0.25) is 5.02 Å². The number of carbonyl (C=O) groups excluding carboxylic acids is 1. The standard InChI is InChI=1S/C14H16ClFN2O/c15-13-5-11(16)1-2-12(13)14(19)18-4-3-9-6-17-7-10(9)8-18/h1-2,5,9-10,17H,3-4,6-8H2. The summed E-state index contributed by atoms with van der Waals surface area (Å²) in [6.45, 7) is 3.56. The van der Waals surface area contributed by atoms with Gasteiger partial charge in [-0.25, -0.2) is 4.39 Å². The molecule has 0 saturated carbocycles. The van der Waals surface area contributed by atoms with Crippen LogP contribution >= 0.6 is 11.6 Å². The van der Waals surface area contributed by atoms with Crippen molar-refractivity contribution in [1.29, 1.82) is 0 Å². The zero-order chi connectivity index (χ0) is 13.4. The second-order valence-electron chi connectivity index (χ2n) is 5.34. The first-order chi connectivity index (χ1) is 9.15. The third-order valence-corrected chi connectivity index (χ3v) is 4.47. The summed E-state index contributed by atoms with van der Waals surface area (Å²) in [7, 11) is 0. The van der Waals surface area contributed by atoms with Crippen LogP contribution in [0, 0.1) is 17.7 Å². The van der Waals surface area contributed by atoms with Crippen LogP contribution in [0.1, 0.15) is 16.8 Å². The molecule has 0 spiro atoms. The Bertz CT molecular complexity index is 508. The van der Waals surface area contributed by atoms with E-state index in [-0.39, 0.29) is 10.9 Å². The van der Waals surface area contributed by atoms with E-state index in [1.165, 1.54) is 18.2 Å². The second kappa shape index (κ2) is 5.10. The number of piperidine rings is 1. The van der Waals surface area contributed by atoms with E-state index in [0.717, 1.165) is 32.6 Å². The molecule has 0 aliphatic carbocycles. The summed E-state index contributed by atoms with van der Waals surface area (Å²) in [5, 5.41) is 3.56. The molecule has 2 atom stereocenters. The molecule has 2 saturated heterocycles. The Morgan fingerprint density at radius 1 is 1.37 bits per heavy atom. The van der Waals surface area contributed by atoms with Crippen molar-refractivity contribution in [2.24, 2.45) is 11.8 Å². The molecule has 0 aromatic heterocycles. The number of amides is 1. The minimum Gasteiger partial charge on any atom is -0.338 e. The summed E-state index contributed by atoms with van der Waals surface area (Å²) in [5.41, 5.74) is 0.396. The van der Waals surface area contributed by atoms with Crippen LogP contribution in [0.5, 0.6) is 0 Å². The highest BCUT2D eigenvalue weighted by Gasteiger charge is 2.35. The van der Waals surface area contributed by atoms with Gasteiger partial charge in [-0.15, -0.1) is 0 Å². The lowest BCUT2D eigenvalue weighted by atomic mass is 9.88. The maximum Gasteiger partial charge on any atom is 0.255 e. The topological polar surface area (TPSA) is 32.3 Å². The smallest absolute Gasteiger partial charge is 0.255 e. The molecule has 1 amide bonds. The van der Waals surface area contributed by atoms with E-state index in [2.05, 4.69) is 5.32 Å². The van der Waals surface area contributed by atoms with E-state index in [0.29, 0.717) is 17.4 Å². The van der Waals surface area contributed by atoms with Gasteiger partial charge in [0.25, 0.3) is 5.91 Å². The lowest BCUT2D eigenvalue weighted by Crippen LogP contribution is -2.43. The monoisotopic (exact) mass is 282 g/mol. The van der Waals surface area contributed by atoms with Crippen LogP contribution in [-0.2, 0) is 0 Å². The molecular formula is C14H16ClFN2O. The van der Waals surface area contributed by atoms with Crippen LogP contribution in [0.15, 0.2) is 18.2 Å². The van der Waals surface area contributed by atoms with Gasteiger partial charge in [-0.05, 0) is 49.5 Å². The first-order valence-corrected chi connectivity index (χ1v) is 6.98. The fourth-order valence-electron chi connectivity index (χ4n) is 3.05. The van der Waals surface area contributed by atoms with Gasteiger partial charge < -0.3 is 10.2 Å². The fourth-order valence-corrected chi connectivity index (χ4v) is 3.30. The number of hydrogen-bond acceptors (Lipinski definition) is 2. The average molecular weight is 283 g/mol. The third kappa shape index (κ3) is 2.47. The third-order valence-electron chi connectivity index (χ3n) is 4.15. The lowest BCUT2D eigenvalue weighted by molar-refractivity contribution is 0.0642. The van der Waals surface area contributed by atoms with Crippen LogP contribution in [0.4, 0.5) is 4.39 Å². The van der Waals surface area contributed by atoms with Crippen LogP contribution < -0.4 is 5.32 Å². The molecule has 3 nitrogen and oxygen atoms in total. The Hall–Kier alpha value is -1.13. The van der Waals surface area contributed by atoms with Gasteiger partial charge in [0, 0.05) is 13.1 Å². The first-order valence-electron chi connectivity index (χ1n) is 6.60. The molecule has 2 fully saturated rings. The number of likely N-dealkylation sites (tertiary alicyclic amines) is 1. The quantitative estimate of drug-likeness (QED) is 0.856. The van der Waals surface area contributed by atoms with Gasteiger partial charge in [0.2, 0.25) is 0 Å². The number of fused-ring (bicyclic) bond motifs is 1. The fraction of sp³-hybridized carbons (Fsp3) is 0.500. The van der Waals surface area contributed by atoms with E-state index < -0.39 is 5.82 Å². The summed E-state index contributed by atoms with van der Waals surface area (Å²) in [6.07, 6.45) is 1.03. The Morgan fingerprint density at radius 2 is 2.16 bits per heavy atom. The number of benzene rings is 1.